The van der Waals surface area contributed by atoms with E-state index in [9.17, 15) is 14.4 Å². The van der Waals surface area contributed by atoms with Crippen LogP contribution in [0.4, 0.5) is 0 Å². The summed E-state index contributed by atoms with van der Waals surface area (Å²) in [6, 6.07) is 0. The zero-order valence-corrected chi connectivity index (χ0v) is 9.50. The van der Waals surface area contributed by atoms with Crippen LogP contribution < -0.4 is 11.1 Å². The van der Waals surface area contributed by atoms with Crippen molar-refractivity contribution in [2.24, 2.45) is 5.73 Å². The summed E-state index contributed by atoms with van der Waals surface area (Å²) in [5, 5.41) is 9.51. The number of rotatable bonds is 3. The summed E-state index contributed by atoms with van der Waals surface area (Å²) in [5.41, 5.74) is 5.43. The minimum Gasteiger partial charge on any atom is -0.329 e. The van der Waals surface area contributed by atoms with Gasteiger partial charge < -0.3 is 10.6 Å². The van der Waals surface area contributed by atoms with Crippen molar-refractivity contribution in [1.82, 2.24) is 25.2 Å². The van der Waals surface area contributed by atoms with E-state index in [1.54, 1.807) is 0 Å². The van der Waals surface area contributed by atoms with E-state index in [4.69, 9.17) is 5.73 Å². The first-order valence-electron chi connectivity index (χ1n) is 5.32. The van der Waals surface area contributed by atoms with Crippen molar-refractivity contribution in [1.29, 1.82) is 0 Å². The molecule has 1 aliphatic rings. The highest BCUT2D eigenvalue weighted by Gasteiger charge is 2.28. The van der Waals surface area contributed by atoms with E-state index in [0.717, 1.165) is 4.90 Å². The Morgan fingerprint density at radius 2 is 2.06 bits per heavy atom. The predicted molar refractivity (Wildman–Crippen MR) is 58.1 cm³/mol. The van der Waals surface area contributed by atoms with Crippen molar-refractivity contribution in [2.75, 3.05) is 19.6 Å². The molecule has 18 heavy (non-hydrogen) atoms. The molecule has 0 radical (unpaired) electrons. The van der Waals surface area contributed by atoms with Gasteiger partial charge in [0.1, 0.15) is 13.1 Å². The zero-order valence-electron chi connectivity index (χ0n) is 9.50. The highest BCUT2D eigenvalue weighted by molar-refractivity contribution is 6.05. The number of nitrogens with zero attached hydrogens (tertiary/aromatic N) is 4. The lowest BCUT2D eigenvalue weighted by molar-refractivity contribution is -0.135. The van der Waals surface area contributed by atoms with Crippen molar-refractivity contribution in [3.8, 4) is 0 Å². The Hall–Kier alpha value is -2.29. The number of amides is 3. The van der Waals surface area contributed by atoms with Gasteiger partial charge in [-0.25, -0.2) is 0 Å². The van der Waals surface area contributed by atoms with Gasteiger partial charge in [0.15, 0.2) is 5.69 Å². The second-order valence-corrected chi connectivity index (χ2v) is 3.79. The summed E-state index contributed by atoms with van der Waals surface area (Å²) >= 11 is 0. The fourth-order valence-electron chi connectivity index (χ4n) is 1.58. The molecule has 0 saturated carbocycles. The third kappa shape index (κ3) is 2.51. The van der Waals surface area contributed by atoms with E-state index >= 15 is 0 Å². The van der Waals surface area contributed by atoms with Crippen LogP contribution in [-0.2, 0) is 16.1 Å². The number of hydrogen-bond acceptors (Lipinski definition) is 6. The minimum atomic E-state index is -0.506. The fourth-order valence-corrected chi connectivity index (χ4v) is 1.58. The van der Waals surface area contributed by atoms with Crippen LogP contribution >= 0.6 is 0 Å². The van der Waals surface area contributed by atoms with Crippen LogP contribution in [0.5, 0.6) is 0 Å². The molecule has 0 unspecified atom stereocenters. The predicted octanol–water partition coefficient (Wildman–Crippen LogP) is -2.66. The van der Waals surface area contributed by atoms with E-state index < -0.39 is 17.7 Å². The van der Waals surface area contributed by atoms with Crippen LogP contribution in [0.3, 0.4) is 0 Å². The molecule has 0 atom stereocenters. The molecule has 9 heteroatoms. The number of piperazine rings is 1. The second-order valence-electron chi connectivity index (χ2n) is 3.79. The topological polar surface area (TPSA) is 123 Å². The Balaban J connectivity index is 2.09. The molecule has 1 fully saturated rings. The number of nitrogens with one attached hydrogen (secondary N) is 1. The Morgan fingerprint density at radius 1 is 1.39 bits per heavy atom. The van der Waals surface area contributed by atoms with Crippen LogP contribution in [0.2, 0.25) is 0 Å². The molecule has 9 nitrogen and oxygen atoms in total. The van der Waals surface area contributed by atoms with Gasteiger partial charge in [-0.1, -0.05) is 5.21 Å². The summed E-state index contributed by atoms with van der Waals surface area (Å²) in [5.74, 6) is -1.51. The van der Waals surface area contributed by atoms with Crippen molar-refractivity contribution in [3.63, 3.8) is 0 Å². The molecular weight excluding hydrogens is 240 g/mol. The van der Waals surface area contributed by atoms with E-state index in [0.29, 0.717) is 13.1 Å². The third-order valence-corrected chi connectivity index (χ3v) is 2.35. The number of nitrogens with two attached hydrogens (primary N) is 1. The first kappa shape index (κ1) is 12.2. The van der Waals surface area contributed by atoms with E-state index in [2.05, 4.69) is 15.6 Å². The van der Waals surface area contributed by atoms with Gasteiger partial charge in [-0.15, -0.1) is 5.10 Å². The Morgan fingerprint density at radius 3 is 2.67 bits per heavy atom. The minimum absolute atomic E-state index is 0.0888. The molecule has 2 rings (SSSR count). The molecule has 0 aromatic carbocycles. The van der Waals surface area contributed by atoms with Crippen molar-refractivity contribution >= 4 is 17.7 Å². The van der Waals surface area contributed by atoms with Gasteiger partial charge in [-0.2, -0.15) is 0 Å². The van der Waals surface area contributed by atoms with Gasteiger partial charge in [0.05, 0.1) is 12.7 Å². The molecule has 2 heterocycles. The highest BCUT2D eigenvalue weighted by Crippen LogP contribution is 2.03. The summed E-state index contributed by atoms with van der Waals surface area (Å²) in [6.45, 7) is 0.504. The normalized spacial score (nSPS) is 15.7. The largest absolute Gasteiger partial charge is 0.329 e. The van der Waals surface area contributed by atoms with Crippen LogP contribution in [0, 0.1) is 0 Å². The van der Waals surface area contributed by atoms with Gasteiger partial charge in [0.25, 0.3) is 5.91 Å². The van der Waals surface area contributed by atoms with Crippen molar-refractivity contribution in [3.05, 3.63) is 11.9 Å². The molecule has 0 spiro atoms. The summed E-state index contributed by atoms with van der Waals surface area (Å²) in [4.78, 5) is 35.4. The monoisotopic (exact) mass is 252 g/mol. The quantitative estimate of drug-likeness (QED) is 0.566. The Bertz CT molecular complexity index is 480. The fraction of sp³-hybridized carbons (Fsp3) is 0.444. The standard InChI is InChI=1S/C9H12N6O3/c10-1-2-15-3-6(12-13-15)9(18)14-4-7(16)11-8(17)5-14/h3H,1-2,4-5,10H2,(H,11,16,17). The summed E-state index contributed by atoms with van der Waals surface area (Å²) in [7, 11) is 0. The van der Waals surface area contributed by atoms with Gasteiger partial charge >= 0.3 is 0 Å². The lowest BCUT2D eigenvalue weighted by Gasteiger charge is -2.24. The molecule has 0 bridgehead atoms. The third-order valence-electron chi connectivity index (χ3n) is 2.35. The number of hydrogen-bond donors (Lipinski definition) is 2. The maximum Gasteiger partial charge on any atom is 0.276 e. The molecule has 1 aromatic heterocycles. The lowest BCUT2D eigenvalue weighted by Crippen LogP contribution is -2.53. The van der Waals surface area contributed by atoms with E-state index in [1.165, 1.54) is 10.9 Å². The average Bonchev–Trinajstić information content (AvgIpc) is 2.76. The molecule has 1 aliphatic heterocycles. The molecule has 3 N–H and O–H groups in total. The number of imide groups is 1. The molecule has 1 saturated heterocycles. The van der Waals surface area contributed by atoms with E-state index in [-0.39, 0.29) is 18.8 Å². The van der Waals surface area contributed by atoms with Gasteiger partial charge in [-0.05, 0) is 0 Å². The molecular formula is C9H12N6O3. The Labute approximate surface area is 102 Å². The SMILES string of the molecule is NCCn1cc(C(=O)N2CC(=O)NC(=O)C2)nn1. The summed E-state index contributed by atoms with van der Waals surface area (Å²) in [6.07, 6.45) is 1.44. The molecule has 3 amide bonds. The maximum absolute atomic E-state index is 12.0. The van der Waals surface area contributed by atoms with Crippen LogP contribution in [0.25, 0.3) is 0 Å². The highest BCUT2D eigenvalue weighted by atomic mass is 16.2. The first-order chi connectivity index (χ1) is 8.60. The molecule has 96 valence electrons. The lowest BCUT2D eigenvalue weighted by atomic mass is 10.3. The van der Waals surface area contributed by atoms with Crippen LogP contribution in [-0.4, -0.2) is 57.2 Å². The second kappa shape index (κ2) is 4.92. The number of carbonyl (C=O) groups is 3. The van der Waals surface area contributed by atoms with Crippen molar-refractivity contribution < 1.29 is 14.4 Å². The van der Waals surface area contributed by atoms with Crippen LogP contribution in [0.15, 0.2) is 6.20 Å². The zero-order chi connectivity index (χ0) is 13.1. The molecule has 1 aromatic rings. The summed E-state index contributed by atoms with van der Waals surface area (Å²) < 4.78 is 1.43. The number of aromatic nitrogens is 3. The Kier molecular flexibility index (Phi) is 3.33. The van der Waals surface area contributed by atoms with Gasteiger partial charge in [-0.3, -0.25) is 24.4 Å². The maximum atomic E-state index is 12.0. The van der Waals surface area contributed by atoms with Crippen molar-refractivity contribution in [2.45, 2.75) is 6.54 Å². The van der Waals surface area contributed by atoms with E-state index in [1.807, 2.05) is 0 Å². The van der Waals surface area contributed by atoms with Gasteiger partial charge in [0, 0.05) is 6.54 Å². The van der Waals surface area contributed by atoms with Gasteiger partial charge in [0.2, 0.25) is 11.8 Å². The van der Waals surface area contributed by atoms with Crippen LogP contribution in [0.1, 0.15) is 10.5 Å². The smallest absolute Gasteiger partial charge is 0.276 e. The number of carbonyl (C=O) groups excluding carboxylic acids is 3. The molecule has 0 aliphatic carbocycles. The first-order valence-corrected chi connectivity index (χ1v) is 5.32. The average molecular weight is 252 g/mol.